The minimum Gasteiger partial charge on any atom is -0.308 e. The number of anilines is 2. The highest BCUT2D eigenvalue weighted by molar-refractivity contribution is 7.18. The third kappa shape index (κ3) is 4.22. The zero-order valence-corrected chi connectivity index (χ0v) is 15.2. The summed E-state index contributed by atoms with van der Waals surface area (Å²) in [5.41, 5.74) is 3.68. The van der Waals surface area contributed by atoms with Gasteiger partial charge in [0, 0.05) is 23.1 Å². The number of aromatic nitrogens is 1. The molecule has 0 unspecified atom stereocenters. The van der Waals surface area contributed by atoms with Gasteiger partial charge in [-0.05, 0) is 29.8 Å². The molecule has 0 radical (unpaired) electrons. The lowest BCUT2D eigenvalue weighted by molar-refractivity contribution is 0.262. The van der Waals surface area contributed by atoms with E-state index in [2.05, 4.69) is 27.8 Å². The highest BCUT2D eigenvalue weighted by atomic mass is 32.1. The summed E-state index contributed by atoms with van der Waals surface area (Å²) in [5, 5.41) is 6.63. The van der Waals surface area contributed by atoms with Crippen molar-refractivity contribution in [2.75, 3.05) is 10.6 Å². The Morgan fingerprint density at radius 1 is 0.704 bits per heavy atom. The molecule has 27 heavy (non-hydrogen) atoms. The number of hydrogen-bond donors (Lipinski definition) is 2. The fourth-order valence-electron chi connectivity index (χ4n) is 2.65. The van der Waals surface area contributed by atoms with Gasteiger partial charge in [-0.2, -0.15) is 0 Å². The first-order valence-corrected chi connectivity index (χ1v) is 9.34. The van der Waals surface area contributed by atoms with Gasteiger partial charge in [-0.15, -0.1) is 11.3 Å². The highest BCUT2D eigenvalue weighted by Crippen LogP contribution is 2.32. The van der Waals surface area contributed by atoms with E-state index in [1.54, 1.807) is 11.3 Å². The maximum absolute atomic E-state index is 12.1. The van der Waals surface area contributed by atoms with Gasteiger partial charge in [0.15, 0.2) is 0 Å². The number of nitrogens with zero attached hydrogens (tertiary/aromatic N) is 1. The first kappa shape index (κ1) is 17.0. The third-order valence-corrected chi connectivity index (χ3v) is 5.08. The van der Waals surface area contributed by atoms with Crippen LogP contribution >= 0.6 is 11.3 Å². The molecule has 0 atom stereocenters. The van der Waals surface area contributed by atoms with Crippen LogP contribution in [0, 0.1) is 0 Å². The summed E-state index contributed by atoms with van der Waals surface area (Å²) >= 11 is 1.65. The maximum atomic E-state index is 12.1. The molecule has 0 spiro atoms. The van der Waals surface area contributed by atoms with E-state index in [0.29, 0.717) is 0 Å². The number of benzene rings is 3. The summed E-state index contributed by atoms with van der Waals surface area (Å²) in [6.07, 6.45) is 1.89. The molecule has 0 fully saturated rings. The Morgan fingerprint density at radius 2 is 1.30 bits per heavy atom. The number of para-hydroxylation sites is 1. The quantitative estimate of drug-likeness (QED) is 0.454. The van der Waals surface area contributed by atoms with Gasteiger partial charge in [0.1, 0.15) is 5.01 Å². The molecule has 0 bridgehead atoms. The summed E-state index contributed by atoms with van der Waals surface area (Å²) in [4.78, 5) is 17.7. The second kappa shape index (κ2) is 7.85. The van der Waals surface area contributed by atoms with Gasteiger partial charge in [0.2, 0.25) is 0 Å². The topological polar surface area (TPSA) is 54.0 Å². The molecular formula is C22H17N3OS. The molecule has 4 rings (SSSR count). The number of carbonyl (C=O) groups is 1. The van der Waals surface area contributed by atoms with E-state index in [-0.39, 0.29) is 6.03 Å². The van der Waals surface area contributed by atoms with E-state index in [9.17, 15) is 4.79 Å². The highest BCUT2D eigenvalue weighted by Gasteiger charge is 2.07. The van der Waals surface area contributed by atoms with E-state index in [4.69, 9.17) is 0 Å². The van der Waals surface area contributed by atoms with Crippen LogP contribution in [0.3, 0.4) is 0 Å². The fourth-order valence-corrected chi connectivity index (χ4v) is 3.58. The molecular weight excluding hydrogens is 354 g/mol. The Morgan fingerprint density at radius 3 is 1.96 bits per heavy atom. The molecule has 2 N–H and O–H groups in total. The molecule has 4 aromatic rings. The SMILES string of the molecule is O=C(Nc1ccccc1)Nc1ccc(-c2cnc(-c3ccccc3)s2)cc1. The lowest BCUT2D eigenvalue weighted by Crippen LogP contribution is -2.19. The Hall–Kier alpha value is -3.44. The van der Waals surface area contributed by atoms with Gasteiger partial charge >= 0.3 is 6.03 Å². The third-order valence-electron chi connectivity index (χ3n) is 3.99. The number of amides is 2. The van der Waals surface area contributed by atoms with Crippen LogP contribution in [0.1, 0.15) is 0 Å². The molecule has 1 aromatic heterocycles. The molecule has 0 saturated heterocycles. The first-order chi connectivity index (χ1) is 13.3. The summed E-state index contributed by atoms with van der Waals surface area (Å²) in [7, 11) is 0. The lowest BCUT2D eigenvalue weighted by atomic mass is 10.2. The predicted octanol–water partition coefficient (Wildman–Crippen LogP) is 6.12. The molecule has 0 aliphatic carbocycles. The molecule has 0 aliphatic heterocycles. The van der Waals surface area contributed by atoms with Crippen molar-refractivity contribution < 1.29 is 4.79 Å². The number of hydrogen-bond acceptors (Lipinski definition) is 3. The molecule has 0 saturated carbocycles. The molecule has 1 heterocycles. The standard InChI is InChI=1S/C22H17N3OS/c26-22(24-18-9-5-2-6-10-18)25-19-13-11-16(12-14-19)20-15-23-21(27-20)17-7-3-1-4-8-17/h1-15H,(H2,24,25,26). The van der Waals surface area contributed by atoms with Crippen molar-refractivity contribution in [3.63, 3.8) is 0 Å². The summed E-state index contributed by atoms with van der Waals surface area (Å²) in [6, 6.07) is 27.0. The smallest absolute Gasteiger partial charge is 0.308 e. The van der Waals surface area contributed by atoms with Gasteiger partial charge in [-0.25, -0.2) is 9.78 Å². The Balaban J connectivity index is 1.43. The average molecular weight is 371 g/mol. The van der Waals surface area contributed by atoms with Crippen molar-refractivity contribution in [1.82, 2.24) is 4.98 Å². The van der Waals surface area contributed by atoms with Crippen molar-refractivity contribution in [1.29, 1.82) is 0 Å². The Kier molecular flexibility index (Phi) is 4.94. The molecule has 4 nitrogen and oxygen atoms in total. The van der Waals surface area contributed by atoms with Crippen molar-refractivity contribution in [3.8, 4) is 21.0 Å². The van der Waals surface area contributed by atoms with E-state index < -0.39 is 0 Å². The molecule has 132 valence electrons. The van der Waals surface area contributed by atoms with E-state index in [0.717, 1.165) is 32.4 Å². The lowest BCUT2D eigenvalue weighted by Gasteiger charge is -2.08. The van der Waals surface area contributed by atoms with Crippen molar-refractivity contribution in [3.05, 3.63) is 91.1 Å². The largest absolute Gasteiger partial charge is 0.323 e. The van der Waals surface area contributed by atoms with Gasteiger partial charge in [-0.3, -0.25) is 0 Å². The van der Waals surface area contributed by atoms with E-state index >= 15 is 0 Å². The monoisotopic (exact) mass is 371 g/mol. The van der Waals surface area contributed by atoms with Gasteiger partial charge in [0.25, 0.3) is 0 Å². The Labute approximate surface area is 161 Å². The fraction of sp³-hybridized carbons (Fsp3) is 0. The minimum atomic E-state index is -0.266. The molecule has 3 aromatic carbocycles. The van der Waals surface area contributed by atoms with Crippen LogP contribution in [-0.4, -0.2) is 11.0 Å². The summed E-state index contributed by atoms with van der Waals surface area (Å²) in [6.45, 7) is 0. The molecule has 0 aliphatic rings. The van der Waals surface area contributed by atoms with E-state index in [1.165, 1.54) is 0 Å². The van der Waals surface area contributed by atoms with Gasteiger partial charge in [-0.1, -0.05) is 60.7 Å². The zero-order valence-electron chi connectivity index (χ0n) is 14.4. The number of thiazole rings is 1. The van der Waals surface area contributed by atoms with Gasteiger partial charge < -0.3 is 10.6 Å². The van der Waals surface area contributed by atoms with E-state index in [1.807, 2.05) is 79.0 Å². The average Bonchev–Trinajstić information content (AvgIpc) is 3.20. The van der Waals surface area contributed by atoms with Crippen LogP contribution in [0.15, 0.2) is 91.1 Å². The van der Waals surface area contributed by atoms with Crippen molar-refractivity contribution >= 4 is 28.7 Å². The number of nitrogens with one attached hydrogen (secondary N) is 2. The second-order valence-corrected chi connectivity index (χ2v) is 6.95. The number of rotatable bonds is 4. The van der Waals surface area contributed by atoms with Gasteiger partial charge in [0.05, 0.1) is 4.88 Å². The van der Waals surface area contributed by atoms with Crippen molar-refractivity contribution in [2.45, 2.75) is 0 Å². The number of urea groups is 1. The predicted molar refractivity (Wildman–Crippen MR) is 112 cm³/mol. The zero-order chi connectivity index (χ0) is 18.5. The van der Waals surface area contributed by atoms with Crippen LogP contribution in [0.25, 0.3) is 21.0 Å². The van der Waals surface area contributed by atoms with Crippen molar-refractivity contribution in [2.24, 2.45) is 0 Å². The summed E-state index contributed by atoms with van der Waals surface area (Å²) < 4.78 is 0. The summed E-state index contributed by atoms with van der Waals surface area (Å²) in [5.74, 6) is 0. The number of carbonyl (C=O) groups excluding carboxylic acids is 1. The van der Waals surface area contributed by atoms with Crippen LogP contribution < -0.4 is 10.6 Å². The Bertz CT molecular complexity index is 1030. The van der Waals surface area contributed by atoms with Crippen LogP contribution in [-0.2, 0) is 0 Å². The van der Waals surface area contributed by atoms with Crippen LogP contribution in [0.5, 0.6) is 0 Å². The maximum Gasteiger partial charge on any atom is 0.323 e. The van der Waals surface area contributed by atoms with Crippen LogP contribution in [0.2, 0.25) is 0 Å². The van der Waals surface area contributed by atoms with Crippen LogP contribution in [0.4, 0.5) is 16.2 Å². The minimum absolute atomic E-state index is 0.266. The normalized spacial score (nSPS) is 10.4. The molecule has 2 amide bonds. The molecule has 5 heteroatoms. The second-order valence-electron chi connectivity index (χ2n) is 5.92. The first-order valence-electron chi connectivity index (χ1n) is 8.53.